The van der Waals surface area contributed by atoms with Crippen LogP contribution in [0, 0.1) is 0 Å². The van der Waals surface area contributed by atoms with Crippen molar-refractivity contribution in [3.63, 3.8) is 0 Å². The fraction of sp³-hybridized carbons (Fsp3) is 0.350. The lowest BCUT2D eigenvalue weighted by atomic mass is 10.1. The summed E-state index contributed by atoms with van der Waals surface area (Å²) in [5.41, 5.74) is 10.3. The number of methoxy groups -OCH3 is 1. The molecule has 3 rings (SSSR count). The molecule has 1 N–H and O–H groups in total. The number of likely N-dealkylation sites (tertiary alicyclic amines) is 1. The maximum atomic E-state index is 13.0. The Morgan fingerprint density at radius 1 is 1.32 bits per heavy atom. The number of rotatable bonds is 7. The zero-order valence-electron chi connectivity index (χ0n) is 15.6. The van der Waals surface area contributed by atoms with Crippen LogP contribution in [-0.4, -0.2) is 42.2 Å². The lowest BCUT2D eigenvalue weighted by Gasteiger charge is -2.24. The van der Waals surface area contributed by atoms with E-state index in [2.05, 4.69) is 10.0 Å². The van der Waals surface area contributed by atoms with Gasteiger partial charge >= 0.3 is 0 Å². The summed E-state index contributed by atoms with van der Waals surface area (Å²) in [6.07, 6.45) is 1.57. The standard InChI is InChI=1S/C20H22N4O4/c1-27-18-10-16(20(26)24-9-5-8-15(24)12-25)17(22-23-21)11-19(18)28-13-14-6-3-2-4-7-14/h2-4,6-7,10-11,15,25H,5,8-9,12-13H2,1H3/t15-/m0/s1. The quantitative estimate of drug-likeness (QED) is 0.446. The summed E-state index contributed by atoms with van der Waals surface area (Å²) in [5.74, 6) is 0.452. The van der Waals surface area contributed by atoms with Gasteiger partial charge in [-0.2, -0.15) is 0 Å². The number of carbonyl (C=O) groups is 1. The molecule has 146 valence electrons. The van der Waals surface area contributed by atoms with Crippen LogP contribution in [0.1, 0.15) is 28.8 Å². The third-order valence-electron chi connectivity index (χ3n) is 4.75. The van der Waals surface area contributed by atoms with Gasteiger partial charge in [0.2, 0.25) is 0 Å². The van der Waals surface area contributed by atoms with Crippen LogP contribution in [-0.2, 0) is 6.61 Å². The third kappa shape index (κ3) is 4.19. The Balaban J connectivity index is 1.92. The summed E-state index contributed by atoms with van der Waals surface area (Å²) >= 11 is 0. The fourth-order valence-electron chi connectivity index (χ4n) is 3.31. The molecule has 0 saturated carbocycles. The molecule has 8 nitrogen and oxygen atoms in total. The predicted octanol–water partition coefficient (Wildman–Crippen LogP) is 3.81. The zero-order chi connectivity index (χ0) is 19.9. The molecule has 2 aromatic carbocycles. The fourth-order valence-corrected chi connectivity index (χ4v) is 3.31. The molecule has 1 aliphatic rings. The maximum Gasteiger partial charge on any atom is 0.254 e. The molecule has 0 unspecified atom stereocenters. The summed E-state index contributed by atoms with van der Waals surface area (Å²) in [7, 11) is 1.48. The number of hydrogen-bond acceptors (Lipinski definition) is 5. The summed E-state index contributed by atoms with van der Waals surface area (Å²) in [6.45, 7) is 0.755. The van der Waals surface area contributed by atoms with Crippen LogP contribution in [0.15, 0.2) is 47.6 Å². The molecule has 0 spiro atoms. The van der Waals surface area contributed by atoms with Crippen molar-refractivity contribution in [3.05, 3.63) is 64.0 Å². The first-order chi connectivity index (χ1) is 13.7. The van der Waals surface area contributed by atoms with Gasteiger partial charge in [-0.25, -0.2) is 0 Å². The number of azide groups is 1. The number of amides is 1. The van der Waals surface area contributed by atoms with Gasteiger partial charge in [0, 0.05) is 11.5 Å². The smallest absolute Gasteiger partial charge is 0.254 e. The van der Waals surface area contributed by atoms with Gasteiger partial charge in [-0.15, -0.1) is 0 Å². The number of ether oxygens (including phenoxy) is 2. The van der Waals surface area contributed by atoms with Crippen molar-refractivity contribution in [2.45, 2.75) is 25.5 Å². The molecule has 1 amide bonds. The summed E-state index contributed by atoms with van der Waals surface area (Å²) in [4.78, 5) is 17.5. The summed E-state index contributed by atoms with van der Waals surface area (Å²) in [6, 6.07) is 12.4. The topological polar surface area (TPSA) is 108 Å². The molecule has 1 atom stereocenters. The lowest BCUT2D eigenvalue weighted by Crippen LogP contribution is -2.37. The molecular weight excluding hydrogens is 360 g/mol. The van der Waals surface area contributed by atoms with Gasteiger partial charge < -0.3 is 19.5 Å². The zero-order valence-corrected chi connectivity index (χ0v) is 15.6. The van der Waals surface area contributed by atoms with Gasteiger partial charge in [-0.05, 0) is 36.1 Å². The van der Waals surface area contributed by atoms with Crippen molar-refractivity contribution in [2.24, 2.45) is 5.11 Å². The molecule has 1 aliphatic heterocycles. The second-order valence-electron chi connectivity index (χ2n) is 6.46. The highest BCUT2D eigenvalue weighted by Crippen LogP contribution is 2.37. The van der Waals surface area contributed by atoms with Crippen LogP contribution in [0.25, 0.3) is 10.4 Å². The van der Waals surface area contributed by atoms with E-state index >= 15 is 0 Å². The van der Waals surface area contributed by atoms with Gasteiger partial charge in [0.25, 0.3) is 5.91 Å². The second-order valence-corrected chi connectivity index (χ2v) is 6.46. The molecule has 0 radical (unpaired) electrons. The predicted molar refractivity (Wildman–Crippen MR) is 104 cm³/mol. The van der Waals surface area contributed by atoms with E-state index in [9.17, 15) is 9.90 Å². The number of hydrogen-bond donors (Lipinski definition) is 1. The largest absolute Gasteiger partial charge is 0.493 e. The van der Waals surface area contributed by atoms with Crippen LogP contribution < -0.4 is 9.47 Å². The van der Waals surface area contributed by atoms with Crippen LogP contribution in [0.3, 0.4) is 0 Å². The molecule has 0 aliphatic carbocycles. The van der Waals surface area contributed by atoms with Crippen LogP contribution >= 0.6 is 0 Å². The minimum Gasteiger partial charge on any atom is -0.493 e. The average molecular weight is 382 g/mol. The van der Waals surface area contributed by atoms with Crippen molar-refractivity contribution in [3.8, 4) is 11.5 Å². The minimum atomic E-state index is -0.299. The van der Waals surface area contributed by atoms with Gasteiger partial charge in [0.1, 0.15) is 6.61 Å². The number of aliphatic hydroxyl groups excluding tert-OH is 1. The molecule has 1 heterocycles. The highest BCUT2D eigenvalue weighted by Gasteiger charge is 2.30. The van der Waals surface area contributed by atoms with Crippen LogP contribution in [0.2, 0.25) is 0 Å². The van der Waals surface area contributed by atoms with Gasteiger partial charge in [0.05, 0.1) is 31.0 Å². The van der Waals surface area contributed by atoms with Crippen molar-refractivity contribution >= 4 is 11.6 Å². The Hall–Kier alpha value is -3.22. The van der Waals surface area contributed by atoms with Crippen LogP contribution in [0.5, 0.6) is 11.5 Å². The minimum absolute atomic E-state index is 0.0992. The number of nitrogens with zero attached hydrogens (tertiary/aromatic N) is 4. The van der Waals surface area contributed by atoms with Crippen LogP contribution in [0.4, 0.5) is 5.69 Å². The molecule has 0 bridgehead atoms. The highest BCUT2D eigenvalue weighted by molar-refractivity contribution is 6.00. The van der Waals surface area contributed by atoms with Crippen molar-refractivity contribution in [2.75, 3.05) is 20.3 Å². The Kier molecular flexibility index (Phi) is 6.37. The third-order valence-corrected chi connectivity index (χ3v) is 4.75. The molecule has 8 heteroatoms. The lowest BCUT2D eigenvalue weighted by molar-refractivity contribution is 0.0678. The van der Waals surface area contributed by atoms with Gasteiger partial charge in [-0.1, -0.05) is 35.4 Å². The molecule has 0 aromatic heterocycles. The first-order valence-electron chi connectivity index (χ1n) is 9.03. The van der Waals surface area contributed by atoms with E-state index in [1.165, 1.54) is 19.2 Å². The average Bonchev–Trinajstić information content (AvgIpc) is 3.21. The SMILES string of the molecule is COc1cc(C(=O)N2CCC[C@H]2CO)c(N=[N+]=[N-])cc1OCc1ccccc1. The number of aliphatic hydroxyl groups is 1. The molecule has 2 aromatic rings. The highest BCUT2D eigenvalue weighted by atomic mass is 16.5. The Bertz CT molecular complexity index is 881. The normalized spacial score (nSPS) is 15.8. The Labute approximate surface area is 162 Å². The van der Waals surface area contributed by atoms with E-state index in [0.29, 0.717) is 24.7 Å². The number of carbonyl (C=O) groups excluding carboxylic acids is 1. The van der Waals surface area contributed by atoms with Crippen molar-refractivity contribution in [1.29, 1.82) is 0 Å². The Morgan fingerprint density at radius 3 is 2.79 bits per heavy atom. The number of benzene rings is 2. The van der Waals surface area contributed by atoms with E-state index in [4.69, 9.17) is 15.0 Å². The molecule has 1 saturated heterocycles. The van der Waals surface area contributed by atoms with Gasteiger partial charge in [0.15, 0.2) is 11.5 Å². The van der Waals surface area contributed by atoms with Gasteiger partial charge in [-0.3, -0.25) is 4.79 Å². The Morgan fingerprint density at radius 2 is 2.11 bits per heavy atom. The summed E-state index contributed by atoms with van der Waals surface area (Å²) in [5, 5.41) is 13.2. The second kappa shape index (κ2) is 9.12. The molecular formula is C20H22N4O4. The molecule has 28 heavy (non-hydrogen) atoms. The molecule has 1 fully saturated rings. The summed E-state index contributed by atoms with van der Waals surface area (Å²) < 4.78 is 11.2. The van der Waals surface area contributed by atoms with E-state index in [0.717, 1.165) is 18.4 Å². The van der Waals surface area contributed by atoms with E-state index in [1.54, 1.807) is 4.90 Å². The van der Waals surface area contributed by atoms with E-state index < -0.39 is 0 Å². The van der Waals surface area contributed by atoms with Crippen molar-refractivity contribution in [1.82, 2.24) is 4.90 Å². The maximum absolute atomic E-state index is 13.0. The van der Waals surface area contributed by atoms with E-state index in [1.807, 2.05) is 30.3 Å². The van der Waals surface area contributed by atoms with E-state index in [-0.39, 0.29) is 29.8 Å². The first-order valence-corrected chi connectivity index (χ1v) is 9.03. The van der Waals surface area contributed by atoms with Crippen molar-refractivity contribution < 1.29 is 19.4 Å². The first kappa shape index (κ1) is 19.5. The monoisotopic (exact) mass is 382 g/mol.